The molecule has 0 aliphatic rings. The van der Waals surface area contributed by atoms with E-state index in [1.54, 1.807) is 12.1 Å². The van der Waals surface area contributed by atoms with E-state index >= 15 is 0 Å². The summed E-state index contributed by atoms with van der Waals surface area (Å²) in [5, 5.41) is 14.2. The Labute approximate surface area is 165 Å². The Morgan fingerprint density at radius 3 is 2.32 bits per heavy atom. The van der Waals surface area contributed by atoms with Gasteiger partial charge in [0, 0.05) is 30.2 Å². The number of aryl methyl sites for hydroxylation is 1. The molecule has 28 heavy (non-hydrogen) atoms. The zero-order chi connectivity index (χ0) is 19.9. The standard InChI is InChI=1S/C22H25N5O/c1-4-27(5-2)18-11-12-19(16(3)15-18)24-21-14-13-20(25-26-21)22(28)23-17-9-7-6-8-10-17/h6-15H,4-5H2,1-3H3,(H,23,28)(H,24,26). The molecule has 0 saturated heterocycles. The van der Waals surface area contributed by atoms with Crippen LogP contribution in [0.5, 0.6) is 0 Å². The highest BCUT2D eigenvalue weighted by Crippen LogP contribution is 2.24. The van der Waals surface area contributed by atoms with Crippen molar-refractivity contribution in [2.45, 2.75) is 20.8 Å². The highest BCUT2D eigenvalue weighted by Gasteiger charge is 2.10. The molecule has 2 N–H and O–H groups in total. The van der Waals surface area contributed by atoms with Crippen molar-refractivity contribution in [1.82, 2.24) is 10.2 Å². The number of hydrogen-bond acceptors (Lipinski definition) is 5. The van der Waals surface area contributed by atoms with Gasteiger partial charge in [0.2, 0.25) is 0 Å². The maximum atomic E-state index is 12.3. The van der Waals surface area contributed by atoms with Gasteiger partial charge in [0.25, 0.3) is 5.91 Å². The third kappa shape index (κ3) is 4.65. The lowest BCUT2D eigenvalue weighted by atomic mass is 10.1. The van der Waals surface area contributed by atoms with Gasteiger partial charge < -0.3 is 15.5 Å². The van der Waals surface area contributed by atoms with Crippen molar-refractivity contribution in [2.24, 2.45) is 0 Å². The molecular weight excluding hydrogens is 350 g/mol. The molecule has 0 atom stereocenters. The van der Waals surface area contributed by atoms with Gasteiger partial charge in [-0.1, -0.05) is 18.2 Å². The first kappa shape index (κ1) is 19.4. The van der Waals surface area contributed by atoms with E-state index in [1.807, 2.05) is 36.4 Å². The molecule has 0 unspecified atom stereocenters. The minimum Gasteiger partial charge on any atom is -0.372 e. The van der Waals surface area contributed by atoms with Crippen molar-refractivity contribution in [1.29, 1.82) is 0 Å². The van der Waals surface area contributed by atoms with Crippen LogP contribution in [0.4, 0.5) is 22.9 Å². The summed E-state index contributed by atoms with van der Waals surface area (Å²) in [5.41, 5.74) is 4.28. The quantitative estimate of drug-likeness (QED) is 0.630. The Hall–Kier alpha value is -3.41. The van der Waals surface area contributed by atoms with Gasteiger partial charge in [-0.3, -0.25) is 4.79 Å². The summed E-state index contributed by atoms with van der Waals surface area (Å²) in [6.45, 7) is 8.30. The molecule has 1 heterocycles. The van der Waals surface area contributed by atoms with Crippen molar-refractivity contribution in [3.63, 3.8) is 0 Å². The highest BCUT2D eigenvalue weighted by molar-refractivity contribution is 6.02. The topological polar surface area (TPSA) is 70.2 Å². The van der Waals surface area contributed by atoms with Gasteiger partial charge in [0.1, 0.15) is 0 Å². The van der Waals surface area contributed by atoms with E-state index in [-0.39, 0.29) is 11.6 Å². The van der Waals surface area contributed by atoms with E-state index in [0.717, 1.165) is 30.0 Å². The van der Waals surface area contributed by atoms with Crippen LogP contribution >= 0.6 is 0 Å². The molecule has 6 heteroatoms. The number of nitrogens with one attached hydrogen (secondary N) is 2. The zero-order valence-electron chi connectivity index (χ0n) is 16.4. The Kier molecular flexibility index (Phi) is 6.22. The molecule has 3 aromatic rings. The first-order valence-corrected chi connectivity index (χ1v) is 9.43. The largest absolute Gasteiger partial charge is 0.372 e. The first-order valence-electron chi connectivity index (χ1n) is 9.43. The minimum absolute atomic E-state index is 0.267. The fourth-order valence-corrected chi connectivity index (χ4v) is 2.95. The van der Waals surface area contributed by atoms with E-state index in [9.17, 15) is 4.79 Å². The van der Waals surface area contributed by atoms with Crippen LogP contribution in [0.3, 0.4) is 0 Å². The molecule has 3 rings (SSSR count). The second kappa shape index (κ2) is 8.99. The molecular formula is C22H25N5O. The predicted molar refractivity (Wildman–Crippen MR) is 114 cm³/mol. The van der Waals surface area contributed by atoms with Gasteiger partial charge in [0.15, 0.2) is 11.5 Å². The fourth-order valence-electron chi connectivity index (χ4n) is 2.95. The van der Waals surface area contributed by atoms with Crippen LogP contribution in [0.25, 0.3) is 0 Å². The number of carbonyl (C=O) groups excluding carboxylic acids is 1. The van der Waals surface area contributed by atoms with Gasteiger partial charge >= 0.3 is 0 Å². The predicted octanol–water partition coefficient (Wildman–Crippen LogP) is 4.63. The van der Waals surface area contributed by atoms with Crippen molar-refractivity contribution in [2.75, 3.05) is 28.6 Å². The van der Waals surface area contributed by atoms with Crippen LogP contribution in [0, 0.1) is 6.92 Å². The average Bonchev–Trinajstić information content (AvgIpc) is 2.72. The van der Waals surface area contributed by atoms with Crippen molar-refractivity contribution in [3.8, 4) is 0 Å². The zero-order valence-corrected chi connectivity index (χ0v) is 16.4. The van der Waals surface area contributed by atoms with Crippen molar-refractivity contribution < 1.29 is 4.79 Å². The summed E-state index contributed by atoms with van der Waals surface area (Å²) >= 11 is 0. The van der Waals surface area contributed by atoms with Crippen LogP contribution in [-0.2, 0) is 0 Å². The third-order valence-electron chi connectivity index (χ3n) is 4.53. The van der Waals surface area contributed by atoms with E-state index in [1.165, 1.54) is 5.69 Å². The maximum Gasteiger partial charge on any atom is 0.276 e. The van der Waals surface area contributed by atoms with Crippen LogP contribution in [-0.4, -0.2) is 29.2 Å². The van der Waals surface area contributed by atoms with E-state index in [2.05, 4.69) is 58.6 Å². The number of benzene rings is 2. The van der Waals surface area contributed by atoms with Crippen LogP contribution < -0.4 is 15.5 Å². The van der Waals surface area contributed by atoms with Crippen molar-refractivity contribution in [3.05, 3.63) is 71.9 Å². The summed E-state index contributed by atoms with van der Waals surface area (Å²) in [5.74, 6) is 0.306. The maximum absolute atomic E-state index is 12.3. The molecule has 0 aliphatic heterocycles. The second-order valence-corrected chi connectivity index (χ2v) is 6.42. The Balaban J connectivity index is 1.68. The molecule has 1 aromatic heterocycles. The number of carbonyl (C=O) groups is 1. The minimum atomic E-state index is -0.287. The molecule has 2 aromatic carbocycles. The lowest BCUT2D eigenvalue weighted by Crippen LogP contribution is -2.21. The normalized spacial score (nSPS) is 10.4. The lowest BCUT2D eigenvalue weighted by molar-refractivity contribution is 0.102. The number of nitrogens with zero attached hydrogens (tertiary/aromatic N) is 3. The first-order chi connectivity index (χ1) is 13.6. The van der Waals surface area contributed by atoms with Gasteiger partial charge in [-0.15, -0.1) is 10.2 Å². The number of aromatic nitrogens is 2. The van der Waals surface area contributed by atoms with E-state index < -0.39 is 0 Å². The smallest absolute Gasteiger partial charge is 0.276 e. The number of amides is 1. The number of para-hydroxylation sites is 1. The molecule has 0 saturated carbocycles. The van der Waals surface area contributed by atoms with E-state index in [4.69, 9.17) is 0 Å². The summed E-state index contributed by atoms with van der Waals surface area (Å²) in [4.78, 5) is 14.6. The summed E-state index contributed by atoms with van der Waals surface area (Å²) < 4.78 is 0. The van der Waals surface area contributed by atoms with E-state index in [0.29, 0.717) is 5.82 Å². The molecule has 0 fully saturated rings. The average molecular weight is 375 g/mol. The third-order valence-corrected chi connectivity index (χ3v) is 4.53. The number of anilines is 4. The van der Waals surface area contributed by atoms with Crippen LogP contribution in [0.2, 0.25) is 0 Å². The molecule has 144 valence electrons. The Bertz CT molecular complexity index is 921. The molecule has 0 radical (unpaired) electrons. The van der Waals surface area contributed by atoms with Gasteiger partial charge in [0.05, 0.1) is 0 Å². The second-order valence-electron chi connectivity index (χ2n) is 6.42. The van der Waals surface area contributed by atoms with Gasteiger partial charge in [-0.25, -0.2) is 0 Å². The molecule has 6 nitrogen and oxygen atoms in total. The SMILES string of the molecule is CCN(CC)c1ccc(Nc2ccc(C(=O)Nc3ccccc3)nn2)c(C)c1. The van der Waals surface area contributed by atoms with Crippen LogP contribution in [0.15, 0.2) is 60.7 Å². The number of rotatable bonds is 7. The summed E-state index contributed by atoms with van der Waals surface area (Å²) in [7, 11) is 0. The summed E-state index contributed by atoms with van der Waals surface area (Å²) in [6.07, 6.45) is 0. The van der Waals surface area contributed by atoms with Crippen LogP contribution in [0.1, 0.15) is 29.9 Å². The van der Waals surface area contributed by atoms with Gasteiger partial charge in [-0.05, 0) is 68.8 Å². The fraction of sp³-hybridized carbons (Fsp3) is 0.227. The van der Waals surface area contributed by atoms with Crippen molar-refractivity contribution >= 4 is 28.8 Å². The van der Waals surface area contributed by atoms with Gasteiger partial charge in [-0.2, -0.15) is 0 Å². The number of hydrogen-bond donors (Lipinski definition) is 2. The monoisotopic (exact) mass is 375 g/mol. The summed E-state index contributed by atoms with van der Waals surface area (Å²) in [6, 6.07) is 19.0. The molecule has 1 amide bonds. The molecule has 0 spiro atoms. The highest BCUT2D eigenvalue weighted by atomic mass is 16.1. The Morgan fingerprint density at radius 1 is 0.964 bits per heavy atom. The lowest BCUT2D eigenvalue weighted by Gasteiger charge is -2.22. The molecule has 0 bridgehead atoms. The molecule has 0 aliphatic carbocycles. The Morgan fingerprint density at radius 2 is 1.71 bits per heavy atom.